The average Bonchev–Trinajstić information content (AvgIpc) is 2.85. The Hall–Kier alpha value is -1.30. The van der Waals surface area contributed by atoms with E-state index in [1.165, 1.54) is 11.1 Å². The maximum atomic E-state index is 6.02. The van der Waals surface area contributed by atoms with Gasteiger partial charge in [0.25, 0.3) is 0 Å². The van der Waals surface area contributed by atoms with Crippen LogP contribution in [-0.2, 0) is 15.9 Å². The van der Waals surface area contributed by atoms with E-state index in [0.717, 1.165) is 24.5 Å². The van der Waals surface area contributed by atoms with Crippen molar-refractivity contribution in [1.29, 1.82) is 0 Å². The lowest BCUT2D eigenvalue weighted by Crippen LogP contribution is -2.39. The number of hydrogen-bond acceptors (Lipinski definition) is 5. The highest BCUT2D eigenvalue weighted by Gasteiger charge is 2.39. The first-order valence-electron chi connectivity index (χ1n) is 7.34. The third kappa shape index (κ3) is 2.73. The van der Waals surface area contributed by atoms with Crippen molar-refractivity contribution in [3.63, 3.8) is 0 Å². The Morgan fingerprint density at radius 3 is 2.52 bits per heavy atom. The summed E-state index contributed by atoms with van der Waals surface area (Å²) in [5.41, 5.74) is 2.50. The van der Waals surface area contributed by atoms with Gasteiger partial charge in [-0.2, -0.15) is 0 Å². The van der Waals surface area contributed by atoms with Gasteiger partial charge in [0.05, 0.1) is 26.9 Å². The normalized spacial score (nSPS) is 27.2. The number of ether oxygens (including phenoxy) is 4. The van der Waals surface area contributed by atoms with Gasteiger partial charge in [-0.1, -0.05) is 0 Å². The zero-order valence-corrected chi connectivity index (χ0v) is 13.1. The summed E-state index contributed by atoms with van der Waals surface area (Å²) < 4.78 is 22.5. The topological polar surface area (TPSA) is 49.0 Å². The van der Waals surface area contributed by atoms with Crippen LogP contribution in [0.25, 0.3) is 0 Å². The summed E-state index contributed by atoms with van der Waals surface area (Å²) in [6.07, 6.45) is 0.987. The van der Waals surface area contributed by atoms with Crippen molar-refractivity contribution in [3.05, 3.63) is 23.3 Å². The van der Waals surface area contributed by atoms with Gasteiger partial charge in [0, 0.05) is 0 Å². The van der Waals surface area contributed by atoms with Crippen molar-refractivity contribution >= 4 is 0 Å². The Morgan fingerprint density at radius 1 is 1.19 bits per heavy atom. The van der Waals surface area contributed by atoms with Crippen LogP contribution in [0.15, 0.2) is 12.1 Å². The van der Waals surface area contributed by atoms with Crippen molar-refractivity contribution in [3.8, 4) is 11.5 Å². The molecule has 0 spiro atoms. The molecule has 2 aliphatic rings. The predicted molar refractivity (Wildman–Crippen MR) is 78.9 cm³/mol. The second-order valence-corrected chi connectivity index (χ2v) is 5.95. The lowest BCUT2D eigenvalue weighted by Gasteiger charge is -2.31. The van der Waals surface area contributed by atoms with Crippen LogP contribution in [0.3, 0.4) is 0 Å². The fourth-order valence-electron chi connectivity index (χ4n) is 3.13. The summed E-state index contributed by atoms with van der Waals surface area (Å²) in [6.45, 7) is 5.42. The molecule has 0 amide bonds. The van der Waals surface area contributed by atoms with Gasteiger partial charge in [-0.05, 0) is 50.1 Å². The van der Waals surface area contributed by atoms with Gasteiger partial charge in [-0.3, -0.25) is 0 Å². The monoisotopic (exact) mass is 293 g/mol. The SMILES string of the molecule is COc1cc2c(cc1OC)[C@H]([C@H]1COC(C)(C)O1)NCC2. The van der Waals surface area contributed by atoms with Gasteiger partial charge < -0.3 is 24.3 Å². The molecule has 1 aromatic carbocycles. The molecular formula is C16H23NO4. The van der Waals surface area contributed by atoms with Crippen LogP contribution in [-0.4, -0.2) is 39.3 Å². The fraction of sp³-hybridized carbons (Fsp3) is 0.625. The molecule has 2 aliphatic heterocycles. The highest BCUT2D eigenvalue weighted by molar-refractivity contribution is 5.49. The Kier molecular flexibility index (Phi) is 3.82. The summed E-state index contributed by atoms with van der Waals surface area (Å²) in [7, 11) is 3.33. The van der Waals surface area contributed by atoms with E-state index in [2.05, 4.69) is 17.4 Å². The van der Waals surface area contributed by atoms with Crippen LogP contribution >= 0.6 is 0 Å². The lowest BCUT2D eigenvalue weighted by molar-refractivity contribution is -0.142. The van der Waals surface area contributed by atoms with Crippen molar-refractivity contribution < 1.29 is 18.9 Å². The summed E-state index contributed by atoms with van der Waals surface area (Å²) >= 11 is 0. The first-order chi connectivity index (χ1) is 10.0. The molecule has 0 unspecified atom stereocenters. The molecule has 5 heteroatoms. The molecule has 1 saturated heterocycles. The van der Waals surface area contributed by atoms with E-state index in [4.69, 9.17) is 18.9 Å². The van der Waals surface area contributed by atoms with Gasteiger partial charge in [0.15, 0.2) is 17.3 Å². The number of fused-ring (bicyclic) bond motifs is 1. The van der Waals surface area contributed by atoms with Crippen molar-refractivity contribution in [2.75, 3.05) is 27.4 Å². The third-order valence-corrected chi connectivity index (χ3v) is 4.14. The van der Waals surface area contributed by atoms with E-state index >= 15 is 0 Å². The van der Waals surface area contributed by atoms with Crippen molar-refractivity contribution in [2.24, 2.45) is 0 Å². The smallest absolute Gasteiger partial charge is 0.163 e. The molecule has 0 bridgehead atoms. The Balaban J connectivity index is 1.94. The third-order valence-electron chi connectivity index (χ3n) is 4.14. The highest BCUT2D eigenvalue weighted by Crippen LogP contribution is 2.39. The Morgan fingerprint density at radius 2 is 1.90 bits per heavy atom. The van der Waals surface area contributed by atoms with Crippen LogP contribution in [0.2, 0.25) is 0 Å². The minimum Gasteiger partial charge on any atom is -0.493 e. The maximum absolute atomic E-state index is 6.02. The van der Waals surface area contributed by atoms with Gasteiger partial charge in [-0.25, -0.2) is 0 Å². The molecule has 0 aromatic heterocycles. The maximum Gasteiger partial charge on any atom is 0.163 e. The van der Waals surface area contributed by atoms with Gasteiger partial charge in [0.2, 0.25) is 0 Å². The minimum atomic E-state index is -0.513. The summed E-state index contributed by atoms with van der Waals surface area (Å²) in [5.74, 6) is 1.02. The second-order valence-electron chi connectivity index (χ2n) is 5.95. The van der Waals surface area contributed by atoms with E-state index in [-0.39, 0.29) is 12.1 Å². The predicted octanol–water partition coefficient (Wildman–Crippen LogP) is 2.04. The molecule has 5 nitrogen and oxygen atoms in total. The van der Waals surface area contributed by atoms with Gasteiger partial charge >= 0.3 is 0 Å². The van der Waals surface area contributed by atoms with Crippen LogP contribution in [0.1, 0.15) is 31.0 Å². The number of benzene rings is 1. The molecule has 2 atom stereocenters. The first kappa shape index (κ1) is 14.6. The summed E-state index contributed by atoms with van der Waals surface area (Å²) in [4.78, 5) is 0. The standard InChI is InChI=1S/C16H23NO4/c1-16(2)20-9-14(21-16)15-11-8-13(19-4)12(18-3)7-10(11)5-6-17-15/h7-8,14-15,17H,5-6,9H2,1-4H3/t14-,15-/m1/s1. The quantitative estimate of drug-likeness (QED) is 0.924. The molecule has 21 heavy (non-hydrogen) atoms. The summed E-state index contributed by atoms with van der Waals surface area (Å²) in [6, 6.07) is 4.25. The van der Waals surface area contributed by atoms with E-state index in [1.54, 1.807) is 14.2 Å². The largest absolute Gasteiger partial charge is 0.493 e. The molecule has 0 aliphatic carbocycles. The van der Waals surface area contributed by atoms with Gasteiger partial charge in [-0.15, -0.1) is 0 Å². The molecule has 0 radical (unpaired) electrons. The van der Waals surface area contributed by atoms with E-state index in [1.807, 2.05) is 13.8 Å². The Labute approximate surface area is 125 Å². The zero-order valence-electron chi connectivity index (χ0n) is 13.1. The van der Waals surface area contributed by atoms with E-state index < -0.39 is 5.79 Å². The molecule has 2 heterocycles. The number of nitrogens with one attached hydrogen (secondary N) is 1. The second kappa shape index (κ2) is 5.48. The minimum absolute atomic E-state index is 0.0113. The molecule has 1 aromatic rings. The van der Waals surface area contributed by atoms with Crippen LogP contribution in [0.4, 0.5) is 0 Å². The summed E-state index contributed by atoms with van der Waals surface area (Å²) in [5, 5.41) is 3.54. The number of hydrogen-bond donors (Lipinski definition) is 1. The van der Waals surface area contributed by atoms with Crippen LogP contribution < -0.4 is 14.8 Å². The first-order valence-corrected chi connectivity index (χ1v) is 7.34. The highest BCUT2D eigenvalue weighted by atomic mass is 16.7. The van der Waals surface area contributed by atoms with E-state index in [0.29, 0.717) is 6.61 Å². The zero-order chi connectivity index (χ0) is 15.0. The molecule has 1 fully saturated rings. The van der Waals surface area contributed by atoms with Crippen LogP contribution in [0.5, 0.6) is 11.5 Å². The average molecular weight is 293 g/mol. The molecule has 3 rings (SSSR count). The van der Waals surface area contributed by atoms with Crippen LogP contribution in [0, 0.1) is 0 Å². The number of rotatable bonds is 3. The van der Waals surface area contributed by atoms with Gasteiger partial charge in [0.1, 0.15) is 6.10 Å². The molecule has 116 valence electrons. The van der Waals surface area contributed by atoms with E-state index in [9.17, 15) is 0 Å². The molecule has 0 saturated carbocycles. The van der Waals surface area contributed by atoms with Crippen molar-refractivity contribution in [2.45, 2.75) is 38.2 Å². The lowest BCUT2D eigenvalue weighted by atomic mass is 9.90. The molecular weight excluding hydrogens is 270 g/mol. The fourth-order valence-corrected chi connectivity index (χ4v) is 3.13. The van der Waals surface area contributed by atoms with Crippen molar-refractivity contribution in [1.82, 2.24) is 5.32 Å². The number of methoxy groups -OCH3 is 2. The Bertz CT molecular complexity index is 529. The molecule has 1 N–H and O–H groups in total.